The second-order valence-corrected chi connectivity index (χ2v) is 6.55. The lowest BCUT2D eigenvalue weighted by molar-refractivity contribution is -0.384. The molecule has 9 heteroatoms. The van der Waals surface area contributed by atoms with Gasteiger partial charge in [0.05, 0.1) is 29.4 Å². The maximum atomic E-state index is 12.7. The highest BCUT2D eigenvalue weighted by molar-refractivity contribution is 9.10. The molecule has 0 aliphatic rings. The summed E-state index contributed by atoms with van der Waals surface area (Å²) >= 11 is 3.35. The average Bonchev–Trinajstić information content (AvgIpc) is 2.94. The Hall–Kier alpha value is -3.20. The molecule has 1 heterocycles. The van der Waals surface area contributed by atoms with Crippen molar-refractivity contribution >= 4 is 33.5 Å². The Balaban J connectivity index is 2.01. The molecule has 0 fully saturated rings. The Kier molecular flexibility index (Phi) is 5.22. The minimum atomic E-state index is -0.542. The number of benzene rings is 2. The Labute approximate surface area is 162 Å². The number of rotatable bonds is 5. The van der Waals surface area contributed by atoms with Gasteiger partial charge < -0.3 is 4.74 Å². The summed E-state index contributed by atoms with van der Waals surface area (Å²) in [6.07, 6.45) is 1.33. The summed E-state index contributed by atoms with van der Waals surface area (Å²) in [5, 5.41) is 14.2. The first kappa shape index (κ1) is 18.6. The molecule has 0 aliphatic carbocycles. The normalized spacial score (nSPS) is 11.1. The summed E-state index contributed by atoms with van der Waals surface area (Å²) < 4.78 is 7.30. The number of aryl methyl sites for hydroxylation is 1. The molecule has 0 bridgehead atoms. The predicted molar refractivity (Wildman–Crippen MR) is 106 cm³/mol. The molecule has 8 nitrogen and oxygen atoms in total. The fourth-order valence-corrected chi connectivity index (χ4v) is 2.77. The Bertz CT molecular complexity index is 1080. The van der Waals surface area contributed by atoms with Crippen LogP contribution in [-0.2, 0) is 0 Å². The lowest BCUT2D eigenvalue weighted by Gasteiger charge is -2.01. The molecule has 3 aromatic rings. The lowest BCUT2D eigenvalue weighted by Crippen LogP contribution is -2.17. The lowest BCUT2D eigenvalue weighted by atomic mass is 10.2. The van der Waals surface area contributed by atoms with Gasteiger partial charge in [-0.1, -0.05) is 15.9 Å². The number of aromatic nitrogens is 2. The van der Waals surface area contributed by atoms with E-state index in [0.717, 1.165) is 4.47 Å². The third-order valence-corrected chi connectivity index (χ3v) is 4.44. The first-order chi connectivity index (χ1) is 12.9. The second kappa shape index (κ2) is 7.58. The number of hydrogen-bond acceptors (Lipinski definition) is 5. The van der Waals surface area contributed by atoms with Crippen molar-refractivity contribution in [1.82, 2.24) is 9.78 Å². The number of nitro groups is 1. The fourth-order valence-electron chi connectivity index (χ4n) is 2.50. The van der Waals surface area contributed by atoms with E-state index in [1.54, 1.807) is 25.1 Å². The van der Waals surface area contributed by atoms with E-state index in [0.29, 0.717) is 22.7 Å². The standard InChI is InChI=1S/C18H15BrN4O4/c1-11-15(18(24)22(21-11)13-5-3-12(19)4-6-13)10-20-16-8-7-14(27-2)9-17(16)23(25)26/h3-10,21H,1-2H3. The van der Waals surface area contributed by atoms with Crippen LogP contribution in [0.2, 0.25) is 0 Å². The third kappa shape index (κ3) is 3.82. The van der Waals surface area contributed by atoms with Crippen LogP contribution in [0.4, 0.5) is 11.4 Å². The molecule has 0 radical (unpaired) electrons. The molecule has 0 saturated heterocycles. The highest BCUT2D eigenvalue weighted by Crippen LogP contribution is 2.31. The van der Waals surface area contributed by atoms with Gasteiger partial charge in [0.25, 0.3) is 11.2 Å². The van der Waals surface area contributed by atoms with Crippen LogP contribution in [0, 0.1) is 17.0 Å². The van der Waals surface area contributed by atoms with Gasteiger partial charge in [-0.05, 0) is 43.3 Å². The molecule has 1 N–H and O–H groups in total. The van der Waals surface area contributed by atoms with Crippen molar-refractivity contribution in [2.24, 2.45) is 4.99 Å². The van der Waals surface area contributed by atoms with Gasteiger partial charge in [-0.2, -0.15) is 0 Å². The van der Waals surface area contributed by atoms with Crippen LogP contribution in [0.1, 0.15) is 11.3 Å². The van der Waals surface area contributed by atoms with Crippen molar-refractivity contribution in [3.63, 3.8) is 0 Å². The predicted octanol–water partition coefficient (Wildman–Crippen LogP) is 3.90. The Morgan fingerprint density at radius 2 is 1.96 bits per heavy atom. The summed E-state index contributed by atoms with van der Waals surface area (Å²) in [5.41, 5.74) is 1.23. The van der Waals surface area contributed by atoms with E-state index in [2.05, 4.69) is 26.0 Å². The monoisotopic (exact) mass is 430 g/mol. The summed E-state index contributed by atoms with van der Waals surface area (Å²) in [5.74, 6) is 0.357. The van der Waals surface area contributed by atoms with Crippen LogP contribution < -0.4 is 10.3 Å². The third-order valence-electron chi connectivity index (χ3n) is 3.91. The minimum Gasteiger partial charge on any atom is -0.496 e. The number of methoxy groups -OCH3 is 1. The summed E-state index contributed by atoms with van der Waals surface area (Å²) in [7, 11) is 1.43. The van der Waals surface area contributed by atoms with Crippen molar-refractivity contribution in [3.05, 3.63) is 78.7 Å². The number of nitro benzene ring substituents is 1. The quantitative estimate of drug-likeness (QED) is 0.376. The van der Waals surface area contributed by atoms with Gasteiger partial charge in [0.2, 0.25) is 0 Å². The molecule has 0 aliphatic heterocycles. The highest BCUT2D eigenvalue weighted by Gasteiger charge is 2.15. The minimum absolute atomic E-state index is 0.135. The van der Waals surface area contributed by atoms with Gasteiger partial charge in [-0.25, -0.2) is 9.67 Å². The van der Waals surface area contributed by atoms with Crippen LogP contribution >= 0.6 is 15.9 Å². The van der Waals surface area contributed by atoms with Crippen LogP contribution in [0.3, 0.4) is 0 Å². The Morgan fingerprint density at radius 3 is 2.59 bits per heavy atom. The van der Waals surface area contributed by atoms with Crippen LogP contribution in [-0.4, -0.2) is 28.0 Å². The van der Waals surface area contributed by atoms with Crippen LogP contribution in [0.5, 0.6) is 5.75 Å². The number of nitrogens with zero attached hydrogens (tertiary/aromatic N) is 3. The highest BCUT2D eigenvalue weighted by atomic mass is 79.9. The number of H-pyrrole nitrogens is 1. The van der Waals surface area contributed by atoms with Crippen molar-refractivity contribution in [3.8, 4) is 11.4 Å². The molecule has 3 rings (SSSR count). The van der Waals surface area contributed by atoms with Crippen molar-refractivity contribution < 1.29 is 9.66 Å². The number of aliphatic imine (C=N–C) groups is 1. The molecular weight excluding hydrogens is 416 g/mol. The molecule has 0 spiro atoms. The fraction of sp³-hybridized carbons (Fsp3) is 0.111. The van der Waals surface area contributed by atoms with E-state index in [-0.39, 0.29) is 16.9 Å². The van der Waals surface area contributed by atoms with Gasteiger partial charge in [0.15, 0.2) is 0 Å². The van der Waals surface area contributed by atoms with E-state index in [1.165, 1.54) is 30.1 Å². The molecule has 27 heavy (non-hydrogen) atoms. The SMILES string of the molecule is COc1ccc(N=Cc2c(C)[nH]n(-c3ccc(Br)cc3)c2=O)c([N+](=O)[O-])c1. The Morgan fingerprint density at radius 1 is 1.26 bits per heavy atom. The van der Waals surface area contributed by atoms with Crippen LogP contribution in [0.25, 0.3) is 5.69 Å². The maximum absolute atomic E-state index is 12.7. The van der Waals surface area contributed by atoms with E-state index in [1.807, 2.05) is 12.1 Å². The molecule has 0 saturated carbocycles. The molecule has 2 aromatic carbocycles. The van der Waals surface area contributed by atoms with E-state index in [4.69, 9.17) is 4.74 Å². The number of hydrogen-bond donors (Lipinski definition) is 1. The smallest absolute Gasteiger partial charge is 0.298 e. The zero-order chi connectivity index (χ0) is 19.6. The van der Waals surface area contributed by atoms with Crippen molar-refractivity contribution in [2.45, 2.75) is 6.92 Å². The van der Waals surface area contributed by atoms with E-state index in [9.17, 15) is 14.9 Å². The number of nitrogens with one attached hydrogen (secondary N) is 1. The molecule has 0 atom stereocenters. The summed E-state index contributed by atoms with van der Waals surface area (Å²) in [6.45, 7) is 1.74. The van der Waals surface area contributed by atoms with Crippen LogP contribution in [0.15, 0.2) is 56.7 Å². The topological polar surface area (TPSA) is 103 Å². The molecule has 0 unspecified atom stereocenters. The number of halogens is 1. The van der Waals surface area contributed by atoms with Crippen molar-refractivity contribution in [2.75, 3.05) is 7.11 Å². The zero-order valence-corrected chi connectivity index (χ0v) is 16.1. The zero-order valence-electron chi connectivity index (χ0n) is 14.5. The molecule has 138 valence electrons. The van der Waals surface area contributed by atoms with Gasteiger partial charge in [-0.15, -0.1) is 0 Å². The second-order valence-electron chi connectivity index (χ2n) is 5.64. The summed E-state index contributed by atoms with van der Waals surface area (Å²) in [6, 6.07) is 11.6. The van der Waals surface area contributed by atoms with E-state index >= 15 is 0 Å². The average molecular weight is 431 g/mol. The van der Waals surface area contributed by atoms with Gasteiger partial charge in [-0.3, -0.25) is 20.0 Å². The number of aromatic amines is 1. The van der Waals surface area contributed by atoms with Gasteiger partial charge >= 0.3 is 0 Å². The molecule has 0 amide bonds. The summed E-state index contributed by atoms with van der Waals surface area (Å²) in [4.78, 5) is 27.6. The number of ether oxygens (including phenoxy) is 1. The first-order valence-electron chi connectivity index (χ1n) is 7.84. The van der Waals surface area contributed by atoms with Gasteiger partial charge in [0.1, 0.15) is 11.4 Å². The molecular formula is C18H15BrN4O4. The van der Waals surface area contributed by atoms with Crippen molar-refractivity contribution in [1.29, 1.82) is 0 Å². The first-order valence-corrected chi connectivity index (χ1v) is 8.64. The van der Waals surface area contributed by atoms with E-state index < -0.39 is 4.92 Å². The molecule has 1 aromatic heterocycles. The van der Waals surface area contributed by atoms with Gasteiger partial charge in [0, 0.05) is 16.4 Å². The maximum Gasteiger partial charge on any atom is 0.298 e. The largest absolute Gasteiger partial charge is 0.496 e.